The van der Waals surface area contributed by atoms with Crippen LogP contribution in [0, 0.1) is 23.5 Å². The Morgan fingerprint density at radius 2 is 1.94 bits per heavy atom. The highest BCUT2D eigenvalue weighted by Gasteiger charge is 2.27. The standard InChI is InChI=1S/C14H17BrF2O/c15-12-5-6-13(16)11(14(12)17)7-10(8-18)9-3-1-2-4-9/h5-6,9-10,18H,1-4,7-8H2. The highest BCUT2D eigenvalue weighted by atomic mass is 79.9. The zero-order valence-corrected chi connectivity index (χ0v) is 11.7. The van der Waals surface area contributed by atoms with Crippen molar-refractivity contribution in [3.63, 3.8) is 0 Å². The van der Waals surface area contributed by atoms with Gasteiger partial charge in [-0.3, -0.25) is 0 Å². The van der Waals surface area contributed by atoms with Gasteiger partial charge in [-0.1, -0.05) is 25.7 Å². The summed E-state index contributed by atoms with van der Waals surface area (Å²) in [7, 11) is 0. The average molecular weight is 319 g/mol. The van der Waals surface area contributed by atoms with Gasteiger partial charge < -0.3 is 5.11 Å². The molecule has 1 nitrogen and oxygen atoms in total. The number of benzene rings is 1. The summed E-state index contributed by atoms with van der Waals surface area (Å²) in [4.78, 5) is 0. The van der Waals surface area contributed by atoms with E-state index in [2.05, 4.69) is 15.9 Å². The molecule has 1 N–H and O–H groups in total. The molecule has 1 unspecified atom stereocenters. The molecule has 1 aromatic carbocycles. The summed E-state index contributed by atoms with van der Waals surface area (Å²) in [5, 5.41) is 9.44. The molecule has 1 fully saturated rings. The summed E-state index contributed by atoms with van der Waals surface area (Å²) in [6.45, 7) is -0.00391. The van der Waals surface area contributed by atoms with Gasteiger partial charge in [0.15, 0.2) is 0 Å². The van der Waals surface area contributed by atoms with Crippen molar-refractivity contribution in [3.05, 3.63) is 33.8 Å². The molecule has 1 saturated carbocycles. The van der Waals surface area contributed by atoms with Crippen LogP contribution in [0.2, 0.25) is 0 Å². The van der Waals surface area contributed by atoms with Gasteiger partial charge in [0.25, 0.3) is 0 Å². The van der Waals surface area contributed by atoms with Gasteiger partial charge in [0.1, 0.15) is 11.6 Å². The summed E-state index contributed by atoms with van der Waals surface area (Å²) in [6.07, 6.45) is 4.71. The van der Waals surface area contributed by atoms with Crippen LogP contribution in [-0.4, -0.2) is 11.7 Å². The van der Waals surface area contributed by atoms with E-state index in [1.165, 1.54) is 12.1 Å². The van der Waals surface area contributed by atoms with Gasteiger partial charge in [-0.25, -0.2) is 8.78 Å². The summed E-state index contributed by atoms with van der Waals surface area (Å²) >= 11 is 3.07. The molecule has 1 aliphatic rings. The van der Waals surface area contributed by atoms with E-state index in [1.54, 1.807) is 0 Å². The molecule has 0 aromatic heterocycles. The first-order chi connectivity index (χ1) is 8.63. The Bertz CT molecular complexity index is 417. The molecule has 18 heavy (non-hydrogen) atoms. The fraction of sp³-hybridized carbons (Fsp3) is 0.571. The second-order valence-electron chi connectivity index (χ2n) is 5.01. The van der Waals surface area contributed by atoms with E-state index in [1.807, 2.05) is 0 Å². The van der Waals surface area contributed by atoms with Gasteiger partial charge in [-0.05, 0) is 46.3 Å². The normalized spacial score (nSPS) is 18.2. The second-order valence-corrected chi connectivity index (χ2v) is 5.87. The van der Waals surface area contributed by atoms with Crippen LogP contribution in [0.25, 0.3) is 0 Å². The average Bonchev–Trinajstić information content (AvgIpc) is 2.88. The Morgan fingerprint density at radius 1 is 1.28 bits per heavy atom. The molecule has 4 heteroatoms. The Labute approximate surface area is 114 Å². The van der Waals surface area contributed by atoms with E-state index in [9.17, 15) is 13.9 Å². The van der Waals surface area contributed by atoms with E-state index >= 15 is 0 Å². The summed E-state index contributed by atoms with van der Waals surface area (Å²) in [5.74, 6) is -0.697. The predicted molar refractivity (Wildman–Crippen MR) is 70.3 cm³/mol. The molecule has 0 saturated heterocycles. The number of hydrogen-bond acceptors (Lipinski definition) is 1. The maximum atomic E-state index is 13.9. The summed E-state index contributed by atoms with van der Waals surface area (Å²) in [6, 6.07) is 2.64. The van der Waals surface area contributed by atoms with Crippen molar-refractivity contribution in [2.24, 2.45) is 11.8 Å². The number of halogens is 3. The van der Waals surface area contributed by atoms with Gasteiger partial charge in [0.2, 0.25) is 0 Å². The minimum absolute atomic E-state index is 0.00391. The third-order valence-corrected chi connectivity index (χ3v) is 4.52. The van der Waals surface area contributed by atoms with Crippen LogP contribution < -0.4 is 0 Å². The molecule has 0 amide bonds. The highest BCUT2D eigenvalue weighted by Crippen LogP contribution is 2.34. The molecule has 100 valence electrons. The monoisotopic (exact) mass is 318 g/mol. The van der Waals surface area contributed by atoms with Gasteiger partial charge in [0.05, 0.1) is 4.47 Å². The lowest BCUT2D eigenvalue weighted by Gasteiger charge is -2.21. The van der Waals surface area contributed by atoms with Crippen molar-refractivity contribution in [3.8, 4) is 0 Å². The minimum atomic E-state index is -0.536. The quantitative estimate of drug-likeness (QED) is 0.830. The fourth-order valence-corrected chi connectivity index (χ4v) is 3.20. The largest absolute Gasteiger partial charge is 0.396 e. The van der Waals surface area contributed by atoms with Crippen molar-refractivity contribution < 1.29 is 13.9 Å². The molecule has 1 aliphatic carbocycles. The van der Waals surface area contributed by atoms with Gasteiger partial charge >= 0.3 is 0 Å². The van der Waals surface area contributed by atoms with Crippen LogP contribution in [-0.2, 0) is 6.42 Å². The van der Waals surface area contributed by atoms with Crippen LogP contribution in [0.5, 0.6) is 0 Å². The Hall–Kier alpha value is -0.480. The van der Waals surface area contributed by atoms with Gasteiger partial charge in [-0.15, -0.1) is 0 Å². The predicted octanol–water partition coefficient (Wildman–Crippen LogP) is 4.07. The SMILES string of the molecule is OCC(Cc1c(F)ccc(Br)c1F)C1CCCC1. The Balaban J connectivity index is 2.18. The van der Waals surface area contributed by atoms with Crippen LogP contribution >= 0.6 is 15.9 Å². The van der Waals surface area contributed by atoms with Crippen molar-refractivity contribution >= 4 is 15.9 Å². The first-order valence-corrected chi connectivity index (χ1v) is 7.16. The topological polar surface area (TPSA) is 20.2 Å². The molecule has 0 spiro atoms. The lowest BCUT2D eigenvalue weighted by Crippen LogP contribution is -2.20. The van der Waals surface area contributed by atoms with Gasteiger partial charge in [0, 0.05) is 12.2 Å². The first kappa shape index (κ1) is 13.9. The first-order valence-electron chi connectivity index (χ1n) is 6.36. The van der Waals surface area contributed by atoms with E-state index in [0.29, 0.717) is 5.92 Å². The van der Waals surface area contributed by atoms with Crippen molar-refractivity contribution in [2.75, 3.05) is 6.61 Å². The second kappa shape index (κ2) is 6.11. The molecule has 0 bridgehead atoms. The van der Waals surface area contributed by atoms with E-state index < -0.39 is 11.6 Å². The molecular weight excluding hydrogens is 302 g/mol. The molecular formula is C14H17BrF2O. The lowest BCUT2D eigenvalue weighted by molar-refractivity contribution is 0.174. The van der Waals surface area contributed by atoms with Crippen molar-refractivity contribution in [2.45, 2.75) is 32.1 Å². The van der Waals surface area contributed by atoms with E-state index in [0.717, 1.165) is 25.7 Å². The molecule has 0 radical (unpaired) electrons. The lowest BCUT2D eigenvalue weighted by atomic mass is 9.86. The van der Waals surface area contributed by atoms with Gasteiger partial charge in [-0.2, -0.15) is 0 Å². The Kier molecular flexibility index (Phi) is 4.73. The zero-order chi connectivity index (χ0) is 13.1. The number of aliphatic hydroxyl groups is 1. The van der Waals surface area contributed by atoms with Crippen LogP contribution in [0.3, 0.4) is 0 Å². The summed E-state index contributed by atoms with van der Waals surface area (Å²) < 4.78 is 27.8. The molecule has 0 aliphatic heterocycles. The molecule has 0 heterocycles. The van der Waals surface area contributed by atoms with Crippen molar-refractivity contribution in [1.29, 1.82) is 0 Å². The third-order valence-electron chi connectivity index (χ3n) is 3.91. The molecule has 2 rings (SSSR count). The van der Waals surface area contributed by atoms with Crippen LogP contribution in [0.4, 0.5) is 8.78 Å². The third kappa shape index (κ3) is 2.91. The summed E-state index contributed by atoms with van der Waals surface area (Å²) in [5.41, 5.74) is 0.0929. The minimum Gasteiger partial charge on any atom is -0.396 e. The van der Waals surface area contributed by atoms with E-state index in [4.69, 9.17) is 0 Å². The fourth-order valence-electron chi connectivity index (χ4n) is 2.83. The zero-order valence-electron chi connectivity index (χ0n) is 10.1. The Morgan fingerprint density at radius 3 is 2.56 bits per heavy atom. The van der Waals surface area contributed by atoms with Crippen LogP contribution in [0.1, 0.15) is 31.2 Å². The number of aliphatic hydroxyl groups excluding tert-OH is 1. The molecule has 1 aromatic rings. The van der Waals surface area contributed by atoms with Crippen LogP contribution in [0.15, 0.2) is 16.6 Å². The number of rotatable bonds is 4. The number of hydrogen-bond donors (Lipinski definition) is 1. The molecule has 1 atom stereocenters. The smallest absolute Gasteiger partial charge is 0.143 e. The van der Waals surface area contributed by atoms with E-state index in [-0.39, 0.29) is 29.0 Å². The maximum Gasteiger partial charge on any atom is 0.143 e. The highest BCUT2D eigenvalue weighted by molar-refractivity contribution is 9.10. The van der Waals surface area contributed by atoms with Crippen molar-refractivity contribution in [1.82, 2.24) is 0 Å². The maximum absolute atomic E-state index is 13.9.